The number of nitrogens with one attached hydrogen (secondary N) is 1. The van der Waals surface area contributed by atoms with Crippen LogP contribution in [0.5, 0.6) is 0 Å². The topological polar surface area (TPSA) is 99.0 Å². The summed E-state index contributed by atoms with van der Waals surface area (Å²) in [6.45, 7) is 0.331. The monoisotopic (exact) mass is 281 g/mol. The normalized spacial score (nSPS) is 9.48. The number of furan rings is 1. The Morgan fingerprint density at radius 3 is 2.71 bits per heavy atom. The summed E-state index contributed by atoms with van der Waals surface area (Å²) in [7, 11) is 1.28. The number of hydrogen-bond donors (Lipinski definition) is 1. The van der Waals surface area contributed by atoms with Crippen LogP contribution in [0.15, 0.2) is 34.9 Å². The van der Waals surface area contributed by atoms with E-state index in [4.69, 9.17) is 14.9 Å². The molecule has 0 radical (unpaired) electrons. The molecule has 0 aliphatic rings. The quantitative estimate of drug-likeness (QED) is 0.864. The fourth-order valence-corrected chi connectivity index (χ4v) is 1.79. The summed E-state index contributed by atoms with van der Waals surface area (Å²) in [6.07, 6.45) is 1.41. The molecule has 0 atom stereocenters. The van der Waals surface area contributed by atoms with Crippen molar-refractivity contribution in [2.45, 2.75) is 6.54 Å². The van der Waals surface area contributed by atoms with Crippen LogP contribution < -0.4 is 5.32 Å². The van der Waals surface area contributed by atoms with Crippen molar-refractivity contribution in [1.82, 2.24) is 0 Å². The molecule has 0 amide bonds. The molecule has 1 aromatic heterocycles. The lowest BCUT2D eigenvalue weighted by Gasteiger charge is -2.07. The zero-order valence-electron chi connectivity index (χ0n) is 11.2. The third kappa shape index (κ3) is 3.02. The lowest BCUT2D eigenvalue weighted by Crippen LogP contribution is -2.07. The maximum absolute atomic E-state index is 11.5. The summed E-state index contributed by atoms with van der Waals surface area (Å²) in [6, 6.07) is 10.4. The van der Waals surface area contributed by atoms with Gasteiger partial charge in [-0.3, -0.25) is 0 Å². The minimum Gasteiger partial charge on any atom is -0.463 e. The van der Waals surface area contributed by atoms with E-state index in [1.807, 2.05) is 12.1 Å². The molecular formula is C15H11N3O3. The number of benzene rings is 1. The first-order valence-electron chi connectivity index (χ1n) is 6.02. The minimum atomic E-state index is -0.547. The third-order valence-electron chi connectivity index (χ3n) is 2.86. The summed E-state index contributed by atoms with van der Waals surface area (Å²) in [5.41, 5.74) is 1.93. The molecule has 1 N–H and O–H groups in total. The van der Waals surface area contributed by atoms with Gasteiger partial charge in [0.1, 0.15) is 12.1 Å². The molecule has 0 unspecified atom stereocenters. The zero-order valence-corrected chi connectivity index (χ0v) is 11.2. The largest absolute Gasteiger partial charge is 0.463 e. The molecule has 2 rings (SSSR count). The van der Waals surface area contributed by atoms with Crippen molar-refractivity contribution in [2.24, 2.45) is 0 Å². The van der Waals surface area contributed by atoms with E-state index in [1.165, 1.54) is 13.4 Å². The number of hydrogen-bond acceptors (Lipinski definition) is 6. The van der Waals surface area contributed by atoms with E-state index in [9.17, 15) is 4.79 Å². The van der Waals surface area contributed by atoms with E-state index in [2.05, 4.69) is 10.1 Å². The van der Waals surface area contributed by atoms with Crippen LogP contribution in [0.25, 0.3) is 0 Å². The summed E-state index contributed by atoms with van der Waals surface area (Å²) < 4.78 is 9.69. The van der Waals surface area contributed by atoms with E-state index in [0.717, 1.165) is 0 Å². The number of rotatable bonds is 4. The zero-order chi connectivity index (χ0) is 15.2. The molecule has 0 saturated carbocycles. The van der Waals surface area contributed by atoms with Gasteiger partial charge >= 0.3 is 5.97 Å². The van der Waals surface area contributed by atoms with Gasteiger partial charge in [0.25, 0.3) is 0 Å². The second-order valence-corrected chi connectivity index (χ2v) is 4.10. The summed E-state index contributed by atoms with van der Waals surface area (Å²) >= 11 is 0. The Labute approximate surface area is 121 Å². The van der Waals surface area contributed by atoms with Gasteiger partial charge in [0.2, 0.25) is 5.76 Å². The SMILES string of the molecule is COC(=O)c1occc1CNc1ccc(C#N)c(C#N)c1. The highest BCUT2D eigenvalue weighted by Crippen LogP contribution is 2.17. The summed E-state index contributed by atoms with van der Waals surface area (Å²) in [4.78, 5) is 11.5. The van der Waals surface area contributed by atoms with Gasteiger partial charge in [0.05, 0.1) is 24.5 Å². The predicted molar refractivity (Wildman–Crippen MR) is 73.2 cm³/mol. The first kappa shape index (κ1) is 14.2. The van der Waals surface area contributed by atoms with Crippen LogP contribution in [0.1, 0.15) is 27.2 Å². The van der Waals surface area contributed by atoms with Crippen molar-refractivity contribution < 1.29 is 13.9 Å². The number of anilines is 1. The van der Waals surface area contributed by atoms with Gasteiger partial charge in [-0.25, -0.2) is 4.79 Å². The predicted octanol–water partition coefficient (Wildman–Crippen LogP) is 2.42. The Bertz CT molecular complexity index is 750. The Morgan fingerprint density at radius 1 is 1.29 bits per heavy atom. The van der Waals surface area contributed by atoms with Gasteiger partial charge in [-0.05, 0) is 24.3 Å². The molecule has 0 fully saturated rings. The minimum absolute atomic E-state index is 0.138. The summed E-state index contributed by atoms with van der Waals surface area (Å²) in [5.74, 6) is -0.409. The lowest BCUT2D eigenvalue weighted by atomic mass is 10.1. The lowest BCUT2D eigenvalue weighted by molar-refractivity contribution is 0.0563. The van der Waals surface area contributed by atoms with Gasteiger partial charge in [0, 0.05) is 17.8 Å². The van der Waals surface area contributed by atoms with Crippen LogP contribution in [0.2, 0.25) is 0 Å². The average molecular weight is 281 g/mol. The maximum Gasteiger partial charge on any atom is 0.374 e. The van der Waals surface area contributed by atoms with Crippen LogP contribution in [0.3, 0.4) is 0 Å². The highest BCUT2D eigenvalue weighted by molar-refractivity contribution is 5.87. The second kappa shape index (κ2) is 6.27. The molecule has 0 spiro atoms. The van der Waals surface area contributed by atoms with Crippen LogP contribution in [0.4, 0.5) is 5.69 Å². The molecule has 104 valence electrons. The van der Waals surface area contributed by atoms with Gasteiger partial charge in [-0.15, -0.1) is 0 Å². The van der Waals surface area contributed by atoms with Crippen LogP contribution in [-0.2, 0) is 11.3 Å². The van der Waals surface area contributed by atoms with Gasteiger partial charge in [0.15, 0.2) is 0 Å². The molecule has 2 aromatic rings. The highest BCUT2D eigenvalue weighted by Gasteiger charge is 2.15. The number of methoxy groups -OCH3 is 1. The molecule has 0 aliphatic heterocycles. The van der Waals surface area contributed by atoms with Crippen LogP contribution in [-0.4, -0.2) is 13.1 Å². The average Bonchev–Trinajstić information content (AvgIpc) is 3.00. The smallest absolute Gasteiger partial charge is 0.374 e. The molecule has 0 saturated heterocycles. The van der Waals surface area contributed by atoms with E-state index in [0.29, 0.717) is 28.9 Å². The van der Waals surface area contributed by atoms with Crippen molar-refractivity contribution in [1.29, 1.82) is 10.5 Å². The van der Waals surface area contributed by atoms with Crippen molar-refractivity contribution in [2.75, 3.05) is 12.4 Å². The molecule has 1 aromatic carbocycles. The Morgan fingerprint density at radius 2 is 2.05 bits per heavy atom. The van der Waals surface area contributed by atoms with E-state index >= 15 is 0 Å². The van der Waals surface area contributed by atoms with Gasteiger partial charge in [-0.2, -0.15) is 10.5 Å². The maximum atomic E-state index is 11.5. The second-order valence-electron chi connectivity index (χ2n) is 4.10. The molecular weight excluding hydrogens is 270 g/mol. The number of nitrogens with zero attached hydrogens (tertiary/aromatic N) is 2. The fraction of sp³-hybridized carbons (Fsp3) is 0.133. The summed E-state index contributed by atoms with van der Waals surface area (Å²) in [5, 5.41) is 20.9. The molecule has 21 heavy (non-hydrogen) atoms. The number of carbonyl (C=O) groups is 1. The molecule has 6 heteroatoms. The van der Waals surface area contributed by atoms with E-state index in [-0.39, 0.29) is 5.76 Å². The first-order chi connectivity index (χ1) is 10.2. The van der Waals surface area contributed by atoms with E-state index in [1.54, 1.807) is 24.3 Å². The molecule has 6 nitrogen and oxygen atoms in total. The van der Waals surface area contributed by atoms with Crippen LogP contribution >= 0.6 is 0 Å². The fourth-order valence-electron chi connectivity index (χ4n) is 1.79. The molecule has 0 bridgehead atoms. The molecule has 0 aliphatic carbocycles. The number of esters is 1. The number of ether oxygens (including phenoxy) is 1. The van der Waals surface area contributed by atoms with Crippen molar-refractivity contribution in [3.8, 4) is 12.1 Å². The third-order valence-corrected chi connectivity index (χ3v) is 2.86. The van der Waals surface area contributed by atoms with Crippen molar-refractivity contribution >= 4 is 11.7 Å². The number of carbonyl (C=O) groups excluding carboxylic acids is 1. The van der Waals surface area contributed by atoms with E-state index < -0.39 is 5.97 Å². The standard InChI is InChI=1S/C15H11N3O3/c1-20-15(19)14-11(4-5-21-14)9-18-13-3-2-10(7-16)12(6-13)8-17/h2-6,18H,9H2,1H3. The van der Waals surface area contributed by atoms with Crippen molar-refractivity contribution in [3.63, 3.8) is 0 Å². The van der Waals surface area contributed by atoms with Gasteiger partial charge < -0.3 is 14.5 Å². The Hall–Kier alpha value is -3.25. The van der Waals surface area contributed by atoms with Crippen molar-refractivity contribution in [3.05, 3.63) is 53.0 Å². The number of nitriles is 2. The first-order valence-corrected chi connectivity index (χ1v) is 6.02. The highest BCUT2D eigenvalue weighted by atomic mass is 16.5. The van der Waals surface area contributed by atoms with Gasteiger partial charge in [-0.1, -0.05) is 0 Å². The van der Waals surface area contributed by atoms with Crippen LogP contribution in [0, 0.1) is 22.7 Å². The molecule has 1 heterocycles. The Balaban J connectivity index is 2.15. The Kier molecular flexibility index (Phi) is 4.23.